The number of ether oxygens (including phenoxy) is 1. The first-order valence-corrected chi connectivity index (χ1v) is 11.5. The Morgan fingerprint density at radius 2 is 1.81 bits per heavy atom. The fourth-order valence-corrected chi connectivity index (χ4v) is 4.17. The van der Waals surface area contributed by atoms with Crippen LogP contribution in [0.2, 0.25) is 0 Å². The molecule has 0 saturated carbocycles. The van der Waals surface area contributed by atoms with Crippen LogP contribution in [0.1, 0.15) is 85.5 Å². The molecule has 2 aromatic carbocycles. The van der Waals surface area contributed by atoms with Gasteiger partial charge in [0.25, 0.3) is 0 Å². The van der Waals surface area contributed by atoms with E-state index >= 15 is 0 Å². The summed E-state index contributed by atoms with van der Waals surface area (Å²) in [4.78, 5) is 24.7. The van der Waals surface area contributed by atoms with E-state index in [4.69, 9.17) is 4.74 Å². The molecular formula is C27H33NO3. The summed E-state index contributed by atoms with van der Waals surface area (Å²) in [6, 6.07) is 15.6. The van der Waals surface area contributed by atoms with Gasteiger partial charge in [0.1, 0.15) is 0 Å². The molecule has 0 radical (unpaired) electrons. The van der Waals surface area contributed by atoms with Crippen molar-refractivity contribution in [1.82, 2.24) is 5.32 Å². The van der Waals surface area contributed by atoms with Crippen LogP contribution >= 0.6 is 0 Å². The van der Waals surface area contributed by atoms with Gasteiger partial charge in [-0.2, -0.15) is 0 Å². The first-order chi connectivity index (χ1) is 15.1. The van der Waals surface area contributed by atoms with Crippen LogP contribution in [0.3, 0.4) is 0 Å². The van der Waals surface area contributed by atoms with E-state index in [1.807, 2.05) is 12.1 Å². The number of benzene rings is 2. The van der Waals surface area contributed by atoms with Crippen LogP contribution in [0.15, 0.2) is 54.6 Å². The van der Waals surface area contributed by atoms with Crippen molar-refractivity contribution >= 4 is 17.4 Å². The molecule has 1 aliphatic carbocycles. The SMILES string of the molecule is CCCC(NC(=O)Cc1ccc(C(=O)OCC)cc1)c1ccccc1C1=CCCCC1. The van der Waals surface area contributed by atoms with Crippen LogP contribution in [0.25, 0.3) is 5.57 Å². The molecule has 0 fully saturated rings. The maximum Gasteiger partial charge on any atom is 0.338 e. The summed E-state index contributed by atoms with van der Waals surface area (Å²) in [5.74, 6) is -0.343. The van der Waals surface area contributed by atoms with E-state index in [-0.39, 0.29) is 24.3 Å². The third-order valence-corrected chi connectivity index (χ3v) is 5.72. The van der Waals surface area contributed by atoms with Crippen molar-refractivity contribution in [2.45, 2.75) is 64.8 Å². The lowest BCUT2D eigenvalue weighted by molar-refractivity contribution is -0.121. The van der Waals surface area contributed by atoms with E-state index < -0.39 is 0 Å². The summed E-state index contributed by atoms with van der Waals surface area (Å²) < 4.78 is 5.02. The molecule has 0 saturated heterocycles. The Hall–Kier alpha value is -2.88. The quantitative estimate of drug-likeness (QED) is 0.506. The number of hydrogen-bond acceptors (Lipinski definition) is 3. The number of carbonyl (C=O) groups excluding carboxylic acids is 2. The van der Waals surface area contributed by atoms with Crippen LogP contribution in [0.4, 0.5) is 0 Å². The Morgan fingerprint density at radius 3 is 2.48 bits per heavy atom. The number of esters is 1. The monoisotopic (exact) mass is 419 g/mol. The van der Waals surface area contributed by atoms with Gasteiger partial charge in [-0.1, -0.05) is 55.8 Å². The molecule has 4 nitrogen and oxygen atoms in total. The molecular weight excluding hydrogens is 386 g/mol. The summed E-state index contributed by atoms with van der Waals surface area (Å²) in [5, 5.41) is 3.26. The number of amides is 1. The van der Waals surface area contributed by atoms with Gasteiger partial charge in [0.2, 0.25) is 5.91 Å². The molecule has 0 spiro atoms. The van der Waals surface area contributed by atoms with Gasteiger partial charge >= 0.3 is 5.97 Å². The topological polar surface area (TPSA) is 55.4 Å². The van der Waals surface area contributed by atoms with Crippen molar-refractivity contribution in [3.63, 3.8) is 0 Å². The predicted octanol–water partition coefficient (Wildman–Crippen LogP) is 6.02. The van der Waals surface area contributed by atoms with Gasteiger partial charge in [-0.05, 0) is 73.4 Å². The highest BCUT2D eigenvalue weighted by Gasteiger charge is 2.19. The highest BCUT2D eigenvalue weighted by Crippen LogP contribution is 2.33. The van der Waals surface area contributed by atoms with Crippen molar-refractivity contribution in [2.75, 3.05) is 6.61 Å². The molecule has 2 aromatic rings. The van der Waals surface area contributed by atoms with Gasteiger partial charge < -0.3 is 10.1 Å². The molecule has 164 valence electrons. The number of rotatable bonds is 9. The molecule has 0 aliphatic heterocycles. The zero-order valence-corrected chi connectivity index (χ0v) is 18.7. The van der Waals surface area contributed by atoms with E-state index in [0.29, 0.717) is 12.2 Å². The Bertz CT molecular complexity index is 914. The van der Waals surface area contributed by atoms with Crippen molar-refractivity contribution in [1.29, 1.82) is 0 Å². The number of nitrogens with one attached hydrogen (secondary N) is 1. The zero-order valence-electron chi connectivity index (χ0n) is 18.7. The van der Waals surface area contributed by atoms with Crippen LogP contribution in [0.5, 0.6) is 0 Å². The predicted molar refractivity (Wildman–Crippen MR) is 125 cm³/mol. The minimum atomic E-state index is -0.338. The van der Waals surface area contributed by atoms with Gasteiger partial charge in [-0.3, -0.25) is 4.79 Å². The van der Waals surface area contributed by atoms with E-state index in [1.165, 1.54) is 29.5 Å². The van der Waals surface area contributed by atoms with Crippen LogP contribution < -0.4 is 5.32 Å². The Balaban J connectivity index is 1.71. The van der Waals surface area contributed by atoms with Crippen LogP contribution in [-0.4, -0.2) is 18.5 Å². The molecule has 1 unspecified atom stereocenters. The summed E-state index contributed by atoms with van der Waals surface area (Å²) in [5.41, 5.74) is 5.28. The van der Waals surface area contributed by atoms with Crippen molar-refractivity contribution < 1.29 is 14.3 Å². The average Bonchev–Trinajstić information content (AvgIpc) is 2.80. The molecule has 1 N–H and O–H groups in total. The largest absolute Gasteiger partial charge is 0.462 e. The van der Waals surface area contributed by atoms with E-state index in [1.54, 1.807) is 19.1 Å². The molecule has 1 aliphatic rings. The second-order valence-corrected chi connectivity index (χ2v) is 8.07. The number of hydrogen-bond donors (Lipinski definition) is 1. The van der Waals surface area contributed by atoms with Gasteiger partial charge in [0, 0.05) is 0 Å². The fourth-order valence-electron chi connectivity index (χ4n) is 4.17. The van der Waals surface area contributed by atoms with Crippen molar-refractivity contribution in [3.8, 4) is 0 Å². The molecule has 0 heterocycles. The maximum absolute atomic E-state index is 12.9. The second-order valence-electron chi connectivity index (χ2n) is 8.07. The standard InChI is InChI=1S/C27H33NO3/c1-3-10-25(24-14-9-8-13-23(24)21-11-6-5-7-12-21)28-26(29)19-20-15-17-22(18-16-20)27(30)31-4-2/h8-9,11,13-18,25H,3-7,10,12,19H2,1-2H3,(H,28,29). The van der Waals surface area contributed by atoms with E-state index in [2.05, 4.69) is 42.6 Å². The van der Waals surface area contributed by atoms with Gasteiger partial charge in [0.05, 0.1) is 24.6 Å². The molecule has 0 aromatic heterocycles. The van der Waals surface area contributed by atoms with Gasteiger partial charge in [0.15, 0.2) is 0 Å². The van der Waals surface area contributed by atoms with E-state index in [0.717, 1.165) is 31.2 Å². The lowest BCUT2D eigenvalue weighted by Crippen LogP contribution is -2.30. The highest BCUT2D eigenvalue weighted by molar-refractivity contribution is 5.89. The molecule has 31 heavy (non-hydrogen) atoms. The zero-order chi connectivity index (χ0) is 22.1. The molecule has 3 rings (SSSR count). The van der Waals surface area contributed by atoms with Crippen molar-refractivity contribution in [3.05, 3.63) is 76.9 Å². The second kappa shape index (κ2) is 11.5. The van der Waals surface area contributed by atoms with Crippen LogP contribution in [-0.2, 0) is 16.0 Å². The first kappa shape index (κ1) is 22.8. The normalized spacial score (nSPS) is 14.5. The van der Waals surface area contributed by atoms with E-state index in [9.17, 15) is 9.59 Å². The summed E-state index contributed by atoms with van der Waals surface area (Å²) in [6.45, 7) is 4.28. The minimum absolute atomic E-state index is 0.00432. The van der Waals surface area contributed by atoms with Gasteiger partial charge in [-0.15, -0.1) is 0 Å². The number of allylic oxidation sites excluding steroid dienone is 2. The first-order valence-electron chi connectivity index (χ1n) is 11.5. The fraction of sp³-hybridized carbons (Fsp3) is 0.407. The minimum Gasteiger partial charge on any atom is -0.462 e. The summed E-state index contributed by atoms with van der Waals surface area (Å²) in [6.07, 6.45) is 9.27. The number of carbonyl (C=O) groups is 2. The molecule has 1 amide bonds. The summed E-state index contributed by atoms with van der Waals surface area (Å²) >= 11 is 0. The lowest BCUT2D eigenvalue weighted by atomic mass is 9.87. The summed E-state index contributed by atoms with van der Waals surface area (Å²) in [7, 11) is 0. The molecule has 4 heteroatoms. The highest BCUT2D eigenvalue weighted by atomic mass is 16.5. The Labute approximate surface area is 185 Å². The molecule has 0 bridgehead atoms. The van der Waals surface area contributed by atoms with Gasteiger partial charge in [-0.25, -0.2) is 4.79 Å². The lowest BCUT2D eigenvalue weighted by Gasteiger charge is -2.24. The average molecular weight is 420 g/mol. The third kappa shape index (κ3) is 6.30. The Kier molecular flexibility index (Phi) is 8.45. The maximum atomic E-state index is 12.9. The Morgan fingerprint density at radius 1 is 1.03 bits per heavy atom. The van der Waals surface area contributed by atoms with Crippen molar-refractivity contribution in [2.24, 2.45) is 0 Å². The third-order valence-electron chi connectivity index (χ3n) is 5.72. The smallest absolute Gasteiger partial charge is 0.338 e. The molecule has 1 atom stereocenters. The van der Waals surface area contributed by atoms with Crippen LogP contribution in [0, 0.1) is 0 Å².